The number of hydrogen-bond acceptors (Lipinski definition) is 7. The number of aryl methyl sites for hydroxylation is 1. The summed E-state index contributed by atoms with van der Waals surface area (Å²) in [4.78, 5) is 28.1. The Morgan fingerprint density at radius 1 is 1.24 bits per heavy atom. The van der Waals surface area contributed by atoms with Crippen molar-refractivity contribution in [2.24, 2.45) is 0 Å². The predicted molar refractivity (Wildman–Crippen MR) is 133 cm³/mol. The predicted octanol–water partition coefficient (Wildman–Crippen LogP) is 2.49. The number of nitrogens with zero attached hydrogens (tertiary/aromatic N) is 6. The molecule has 1 aromatic heterocycles. The van der Waals surface area contributed by atoms with Crippen LogP contribution in [0.25, 0.3) is 0 Å². The largest absolute Gasteiger partial charge is 0.368 e. The number of piperazine rings is 1. The highest BCUT2D eigenvalue weighted by Crippen LogP contribution is 2.36. The molecule has 3 aliphatic rings. The Labute approximate surface area is 200 Å². The van der Waals surface area contributed by atoms with Crippen LogP contribution in [0, 0.1) is 11.3 Å². The van der Waals surface area contributed by atoms with Gasteiger partial charge in [-0.3, -0.25) is 4.79 Å². The second-order valence-corrected chi connectivity index (χ2v) is 9.35. The third-order valence-corrected chi connectivity index (χ3v) is 7.40. The van der Waals surface area contributed by atoms with Crippen LogP contribution in [0.2, 0.25) is 0 Å². The van der Waals surface area contributed by atoms with Gasteiger partial charge in [0.2, 0.25) is 11.9 Å². The lowest BCUT2D eigenvalue weighted by atomic mass is 9.88. The molecule has 2 N–H and O–H groups in total. The topological polar surface area (TPSA) is 102 Å². The van der Waals surface area contributed by atoms with Gasteiger partial charge in [0.25, 0.3) is 0 Å². The number of rotatable bonds is 4. The van der Waals surface area contributed by atoms with Crippen molar-refractivity contribution in [1.29, 1.82) is 5.26 Å². The van der Waals surface area contributed by atoms with Gasteiger partial charge < -0.3 is 20.4 Å². The van der Waals surface area contributed by atoms with Crippen LogP contribution < -0.4 is 15.5 Å². The third kappa shape index (κ3) is 4.07. The van der Waals surface area contributed by atoms with E-state index < -0.39 is 0 Å². The van der Waals surface area contributed by atoms with Gasteiger partial charge in [0.1, 0.15) is 5.82 Å². The number of benzene rings is 1. The SMILES string of the molecule is C=CC(=O)N1CCN(c2nc(N)nc3c2CCC(N2CCCc4ccccc42)C3)C[C@@H]1CC#N. The molecule has 0 radical (unpaired) electrons. The van der Waals surface area contributed by atoms with Crippen molar-refractivity contribution >= 4 is 23.4 Å². The molecule has 1 aromatic carbocycles. The Morgan fingerprint density at radius 3 is 2.91 bits per heavy atom. The van der Waals surface area contributed by atoms with E-state index in [0.717, 1.165) is 49.3 Å². The molecule has 1 fully saturated rings. The summed E-state index contributed by atoms with van der Waals surface area (Å²) < 4.78 is 0. The number of nitrogen functional groups attached to an aromatic ring is 1. The van der Waals surface area contributed by atoms with Crippen LogP contribution in [0.15, 0.2) is 36.9 Å². The summed E-state index contributed by atoms with van der Waals surface area (Å²) in [7, 11) is 0. The van der Waals surface area contributed by atoms with Crippen LogP contribution in [-0.2, 0) is 24.1 Å². The van der Waals surface area contributed by atoms with E-state index in [-0.39, 0.29) is 24.3 Å². The highest BCUT2D eigenvalue weighted by Gasteiger charge is 2.34. The maximum Gasteiger partial charge on any atom is 0.246 e. The van der Waals surface area contributed by atoms with E-state index in [4.69, 9.17) is 5.73 Å². The van der Waals surface area contributed by atoms with Crippen molar-refractivity contribution in [3.05, 3.63) is 53.7 Å². The Balaban J connectivity index is 1.40. The van der Waals surface area contributed by atoms with E-state index in [1.54, 1.807) is 4.90 Å². The van der Waals surface area contributed by atoms with Gasteiger partial charge in [-0.05, 0) is 43.4 Å². The molecule has 1 amide bonds. The summed E-state index contributed by atoms with van der Waals surface area (Å²) in [5.74, 6) is 1.03. The molecule has 2 aromatic rings. The fourth-order valence-corrected chi connectivity index (χ4v) is 5.80. The lowest BCUT2D eigenvalue weighted by Gasteiger charge is -2.43. The molecule has 3 heterocycles. The van der Waals surface area contributed by atoms with Gasteiger partial charge in [0.15, 0.2) is 0 Å². The van der Waals surface area contributed by atoms with E-state index >= 15 is 0 Å². The smallest absolute Gasteiger partial charge is 0.246 e. The summed E-state index contributed by atoms with van der Waals surface area (Å²) in [6.45, 7) is 6.41. The Kier molecular flexibility index (Phi) is 6.10. The van der Waals surface area contributed by atoms with Gasteiger partial charge in [-0.2, -0.15) is 10.2 Å². The highest BCUT2D eigenvalue weighted by molar-refractivity contribution is 5.87. The van der Waals surface area contributed by atoms with E-state index in [1.807, 2.05) is 0 Å². The second-order valence-electron chi connectivity index (χ2n) is 9.35. The lowest BCUT2D eigenvalue weighted by molar-refractivity contribution is -0.128. The maximum absolute atomic E-state index is 12.3. The van der Waals surface area contributed by atoms with E-state index in [1.165, 1.54) is 23.7 Å². The first-order valence-corrected chi connectivity index (χ1v) is 12.1. The molecule has 2 aliphatic heterocycles. The summed E-state index contributed by atoms with van der Waals surface area (Å²) >= 11 is 0. The van der Waals surface area contributed by atoms with E-state index in [9.17, 15) is 10.1 Å². The molecule has 1 aliphatic carbocycles. The Hall–Kier alpha value is -3.60. The van der Waals surface area contributed by atoms with Gasteiger partial charge in [-0.1, -0.05) is 24.8 Å². The minimum atomic E-state index is -0.197. The molecular weight excluding hydrogens is 426 g/mol. The number of hydrogen-bond donors (Lipinski definition) is 1. The van der Waals surface area contributed by atoms with Crippen molar-refractivity contribution in [2.45, 2.75) is 50.6 Å². The lowest BCUT2D eigenvalue weighted by Crippen LogP contribution is -2.55. The molecule has 2 atom stereocenters. The van der Waals surface area contributed by atoms with Crippen molar-refractivity contribution in [2.75, 3.05) is 41.7 Å². The third-order valence-electron chi connectivity index (χ3n) is 7.40. The first-order chi connectivity index (χ1) is 16.6. The van der Waals surface area contributed by atoms with Gasteiger partial charge in [0.05, 0.1) is 24.2 Å². The maximum atomic E-state index is 12.3. The average molecular weight is 458 g/mol. The number of amides is 1. The Bertz CT molecular complexity index is 1140. The zero-order chi connectivity index (χ0) is 23.7. The molecule has 8 nitrogen and oxygen atoms in total. The molecule has 5 rings (SSSR count). The van der Waals surface area contributed by atoms with Crippen LogP contribution in [-0.4, -0.2) is 59.0 Å². The summed E-state index contributed by atoms with van der Waals surface area (Å²) in [6, 6.07) is 11.2. The zero-order valence-electron chi connectivity index (χ0n) is 19.5. The summed E-state index contributed by atoms with van der Waals surface area (Å²) in [5, 5.41) is 9.32. The molecular formula is C26H31N7O. The number of nitriles is 1. The standard InChI is InChI=1S/C26H31N7O/c1-2-24(34)33-15-14-31(17-20(33)11-12-27)25-21-10-9-19(16-22(21)29-26(28)30-25)32-13-5-7-18-6-3-4-8-23(18)32/h2-4,6,8,19-20H,1,5,7,9-11,13-17H2,(H2,28,29,30)/t19?,20-/m0/s1. The molecule has 1 saturated heterocycles. The van der Waals surface area contributed by atoms with Gasteiger partial charge in [-0.15, -0.1) is 0 Å². The fraction of sp³-hybridized carbons (Fsp3) is 0.462. The molecule has 0 spiro atoms. The molecule has 0 saturated carbocycles. The monoisotopic (exact) mass is 457 g/mol. The fourth-order valence-electron chi connectivity index (χ4n) is 5.80. The van der Waals surface area contributed by atoms with Crippen LogP contribution in [0.1, 0.15) is 36.1 Å². The van der Waals surface area contributed by atoms with Crippen molar-refractivity contribution < 1.29 is 4.79 Å². The van der Waals surface area contributed by atoms with Crippen LogP contribution in [0.5, 0.6) is 0 Å². The number of carbonyl (C=O) groups excluding carboxylic acids is 1. The second kappa shape index (κ2) is 9.34. The van der Waals surface area contributed by atoms with Crippen LogP contribution in [0.3, 0.4) is 0 Å². The summed E-state index contributed by atoms with van der Waals surface area (Å²) in [5.41, 5.74) is 11.2. The minimum Gasteiger partial charge on any atom is -0.368 e. The molecule has 34 heavy (non-hydrogen) atoms. The molecule has 0 bridgehead atoms. The van der Waals surface area contributed by atoms with Gasteiger partial charge in [-0.25, -0.2) is 4.98 Å². The minimum absolute atomic E-state index is 0.131. The number of carbonyl (C=O) groups is 1. The van der Waals surface area contributed by atoms with E-state index in [0.29, 0.717) is 25.7 Å². The number of anilines is 3. The van der Waals surface area contributed by atoms with E-state index in [2.05, 4.69) is 56.7 Å². The number of fused-ring (bicyclic) bond motifs is 2. The molecule has 176 valence electrons. The van der Waals surface area contributed by atoms with Gasteiger partial charge in [0, 0.05) is 49.9 Å². The molecule has 1 unspecified atom stereocenters. The van der Waals surface area contributed by atoms with Crippen molar-refractivity contribution in [3.8, 4) is 6.07 Å². The normalized spacial score (nSPS) is 21.9. The Morgan fingerprint density at radius 2 is 2.09 bits per heavy atom. The van der Waals surface area contributed by atoms with Crippen molar-refractivity contribution in [3.63, 3.8) is 0 Å². The van der Waals surface area contributed by atoms with Gasteiger partial charge >= 0.3 is 0 Å². The zero-order valence-corrected chi connectivity index (χ0v) is 19.5. The number of nitrogens with two attached hydrogens (primary N) is 1. The first kappa shape index (κ1) is 22.2. The number of aromatic nitrogens is 2. The average Bonchev–Trinajstić information content (AvgIpc) is 2.87. The summed E-state index contributed by atoms with van der Waals surface area (Å²) in [6.07, 6.45) is 6.69. The van der Waals surface area contributed by atoms with Crippen LogP contribution >= 0.6 is 0 Å². The van der Waals surface area contributed by atoms with Crippen molar-refractivity contribution in [1.82, 2.24) is 14.9 Å². The highest BCUT2D eigenvalue weighted by atomic mass is 16.2. The van der Waals surface area contributed by atoms with Crippen LogP contribution in [0.4, 0.5) is 17.5 Å². The number of para-hydroxylation sites is 1. The molecule has 8 heteroatoms. The quantitative estimate of drug-likeness (QED) is 0.704. The first-order valence-electron chi connectivity index (χ1n) is 12.1.